The summed E-state index contributed by atoms with van der Waals surface area (Å²) in [5.74, 6) is 1.13. The molecule has 1 heterocycles. The highest BCUT2D eigenvalue weighted by Crippen LogP contribution is 2.13. The summed E-state index contributed by atoms with van der Waals surface area (Å²) in [6.07, 6.45) is 0. The summed E-state index contributed by atoms with van der Waals surface area (Å²) in [4.78, 5) is 12.9. The topological polar surface area (TPSA) is 76.2 Å². The van der Waals surface area contributed by atoms with Crippen LogP contribution in [0.25, 0.3) is 0 Å². The molecule has 0 radical (unpaired) electrons. The van der Waals surface area contributed by atoms with E-state index in [1.165, 1.54) is 11.1 Å². The Balaban J connectivity index is 2.05. The summed E-state index contributed by atoms with van der Waals surface area (Å²) in [5.41, 5.74) is 11.1. The lowest BCUT2D eigenvalue weighted by atomic mass is 10.1. The maximum Gasteiger partial charge on any atom is 0.193 e. The number of aromatic nitrogens is 2. The second kappa shape index (κ2) is 6.35. The van der Waals surface area contributed by atoms with Gasteiger partial charge in [-0.2, -0.15) is 0 Å². The van der Waals surface area contributed by atoms with E-state index >= 15 is 0 Å². The van der Waals surface area contributed by atoms with Crippen LogP contribution in [-0.2, 0) is 6.54 Å². The summed E-state index contributed by atoms with van der Waals surface area (Å²) < 4.78 is 0. The van der Waals surface area contributed by atoms with Crippen molar-refractivity contribution in [3.05, 3.63) is 52.6 Å². The highest BCUT2D eigenvalue weighted by atomic mass is 15.1. The fourth-order valence-corrected chi connectivity index (χ4v) is 2.05. The molecule has 110 valence electrons. The van der Waals surface area contributed by atoms with Crippen molar-refractivity contribution < 1.29 is 0 Å². The molecule has 1 aromatic carbocycles. The Labute approximate surface area is 125 Å². The molecule has 0 saturated heterocycles. The van der Waals surface area contributed by atoms with Crippen molar-refractivity contribution in [2.75, 3.05) is 5.32 Å². The van der Waals surface area contributed by atoms with E-state index in [9.17, 15) is 0 Å². The maximum atomic E-state index is 5.91. The molecule has 21 heavy (non-hydrogen) atoms. The van der Waals surface area contributed by atoms with Gasteiger partial charge < -0.3 is 11.1 Å². The Morgan fingerprint density at radius 1 is 1.10 bits per heavy atom. The lowest BCUT2D eigenvalue weighted by Gasteiger charge is -2.08. The smallest absolute Gasteiger partial charge is 0.193 e. The highest BCUT2D eigenvalue weighted by molar-refractivity contribution is 5.92. The Hall–Kier alpha value is -2.43. The first-order chi connectivity index (χ1) is 9.94. The van der Waals surface area contributed by atoms with Gasteiger partial charge in [-0.1, -0.05) is 6.07 Å². The third kappa shape index (κ3) is 4.27. The van der Waals surface area contributed by atoms with E-state index < -0.39 is 0 Å². The maximum absolute atomic E-state index is 5.91. The van der Waals surface area contributed by atoms with Crippen molar-refractivity contribution >= 4 is 11.6 Å². The van der Waals surface area contributed by atoms with E-state index in [2.05, 4.69) is 46.3 Å². The molecule has 5 nitrogen and oxygen atoms in total. The van der Waals surface area contributed by atoms with E-state index in [1.807, 2.05) is 26.0 Å². The second-order valence-electron chi connectivity index (χ2n) is 5.17. The first-order valence-corrected chi connectivity index (χ1v) is 6.89. The minimum atomic E-state index is 0.382. The number of aliphatic imine (C=N–C) groups is 1. The van der Waals surface area contributed by atoms with Crippen LogP contribution in [0.15, 0.2) is 29.3 Å². The predicted molar refractivity (Wildman–Crippen MR) is 86.4 cm³/mol. The Morgan fingerprint density at radius 2 is 1.86 bits per heavy atom. The zero-order chi connectivity index (χ0) is 15.4. The fraction of sp³-hybridized carbons (Fsp3) is 0.312. The van der Waals surface area contributed by atoms with Crippen LogP contribution in [0.4, 0.5) is 5.69 Å². The number of rotatable bonds is 3. The average Bonchev–Trinajstić information content (AvgIpc) is 2.40. The summed E-state index contributed by atoms with van der Waals surface area (Å²) in [7, 11) is 0. The van der Waals surface area contributed by atoms with Crippen molar-refractivity contribution in [2.24, 2.45) is 10.7 Å². The standard InChI is InChI=1S/C16H21N5/c1-10-5-6-14(7-11(10)2)21-16(17)18-9-15-8-12(3)19-13(4)20-15/h5-8H,9H2,1-4H3,(H3,17,18,21). The van der Waals surface area contributed by atoms with Gasteiger partial charge >= 0.3 is 0 Å². The third-order valence-corrected chi connectivity index (χ3v) is 3.21. The number of guanidine groups is 1. The van der Waals surface area contributed by atoms with Crippen LogP contribution in [-0.4, -0.2) is 15.9 Å². The lowest BCUT2D eigenvalue weighted by molar-refractivity contribution is 0.906. The van der Waals surface area contributed by atoms with Crippen LogP contribution in [0.2, 0.25) is 0 Å². The largest absolute Gasteiger partial charge is 0.370 e. The third-order valence-electron chi connectivity index (χ3n) is 3.21. The molecule has 0 atom stereocenters. The van der Waals surface area contributed by atoms with E-state index in [0.717, 1.165) is 22.9 Å². The molecule has 0 spiro atoms. The Bertz CT molecular complexity index is 656. The van der Waals surface area contributed by atoms with Gasteiger partial charge in [0.25, 0.3) is 0 Å². The number of nitrogens with one attached hydrogen (secondary N) is 1. The predicted octanol–water partition coefficient (Wildman–Crippen LogP) is 2.64. The Morgan fingerprint density at radius 3 is 2.52 bits per heavy atom. The van der Waals surface area contributed by atoms with E-state index in [4.69, 9.17) is 5.73 Å². The molecular weight excluding hydrogens is 262 g/mol. The van der Waals surface area contributed by atoms with E-state index in [-0.39, 0.29) is 0 Å². The molecule has 5 heteroatoms. The van der Waals surface area contributed by atoms with Crippen molar-refractivity contribution in [3.8, 4) is 0 Å². The molecule has 0 fully saturated rings. The second-order valence-corrected chi connectivity index (χ2v) is 5.17. The molecule has 0 amide bonds. The van der Waals surface area contributed by atoms with Crippen molar-refractivity contribution in [1.29, 1.82) is 0 Å². The summed E-state index contributed by atoms with van der Waals surface area (Å²) >= 11 is 0. The van der Waals surface area contributed by atoms with Crippen molar-refractivity contribution in [3.63, 3.8) is 0 Å². The van der Waals surface area contributed by atoms with Gasteiger partial charge in [-0.25, -0.2) is 15.0 Å². The highest BCUT2D eigenvalue weighted by Gasteiger charge is 2.00. The number of hydrogen-bond acceptors (Lipinski definition) is 3. The van der Waals surface area contributed by atoms with Gasteiger partial charge in [-0.05, 0) is 57.0 Å². The van der Waals surface area contributed by atoms with E-state index in [0.29, 0.717) is 12.5 Å². The number of nitrogens with zero attached hydrogens (tertiary/aromatic N) is 3. The van der Waals surface area contributed by atoms with Crippen molar-refractivity contribution in [2.45, 2.75) is 34.2 Å². The lowest BCUT2D eigenvalue weighted by Crippen LogP contribution is -2.22. The normalized spacial score (nSPS) is 11.5. The number of anilines is 1. The number of nitrogens with two attached hydrogens (primary N) is 1. The molecular formula is C16H21N5. The van der Waals surface area contributed by atoms with Crippen LogP contribution < -0.4 is 11.1 Å². The first-order valence-electron chi connectivity index (χ1n) is 6.89. The molecule has 1 aromatic heterocycles. The van der Waals surface area contributed by atoms with E-state index in [1.54, 1.807) is 0 Å². The minimum Gasteiger partial charge on any atom is -0.370 e. The zero-order valence-electron chi connectivity index (χ0n) is 12.9. The van der Waals surface area contributed by atoms with Crippen LogP contribution in [0.5, 0.6) is 0 Å². The van der Waals surface area contributed by atoms with Crippen LogP contribution in [0, 0.1) is 27.7 Å². The molecule has 2 aromatic rings. The number of hydrogen-bond donors (Lipinski definition) is 2. The van der Waals surface area contributed by atoms with Gasteiger partial charge in [-0.15, -0.1) is 0 Å². The molecule has 2 rings (SSSR count). The van der Waals surface area contributed by atoms with Crippen molar-refractivity contribution in [1.82, 2.24) is 9.97 Å². The van der Waals surface area contributed by atoms with Gasteiger partial charge in [0, 0.05) is 11.4 Å². The monoisotopic (exact) mass is 283 g/mol. The van der Waals surface area contributed by atoms with Crippen LogP contribution in [0.1, 0.15) is 28.3 Å². The van der Waals surface area contributed by atoms with Gasteiger partial charge in [-0.3, -0.25) is 0 Å². The number of aryl methyl sites for hydroxylation is 4. The van der Waals surface area contributed by atoms with Gasteiger partial charge in [0.1, 0.15) is 5.82 Å². The summed E-state index contributed by atoms with van der Waals surface area (Å²) in [6.45, 7) is 8.40. The fourth-order valence-electron chi connectivity index (χ4n) is 2.05. The number of benzene rings is 1. The first kappa shape index (κ1) is 15.0. The minimum absolute atomic E-state index is 0.382. The zero-order valence-corrected chi connectivity index (χ0v) is 12.9. The summed E-state index contributed by atoms with van der Waals surface area (Å²) in [6, 6.07) is 8.02. The molecule has 3 N–H and O–H groups in total. The molecule has 0 unspecified atom stereocenters. The SMILES string of the molecule is Cc1cc(CN=C(N)Nc2ccc(C)c(C)c2)nc(C)n1. The van der Waals surface area contributed by atoms with Gasteiger partial charge in [0.05, 0.1) is 12.2 Å². The molecule has 0 saturated carbocycles. The quantitative estimate of drug-likeness (QED) is 0.670. The average molecular weight is 283 g/mol. The molecule has 0 aliphatic heterocycles. The van der Waals surface area contributed by atoms with Gasteiger partial charge in [0.15, 0.2) is 5.96 Å². The molecule has 0 bridgehead atoms. The van der Waals surface area contributed by atoms with Gasteiger partial charge in [0.2, 0.25) is 0 Å². The summed E-state index contributed by atoms with van der Waals surface area (Å²) in [5, 5.41) is 3.09. The molecule has 0 aliphatic rings. The molecule has 0 aliphatic carbocycles. The van der Waals surface area contributed by atoms with Crippen LogP contribution in [0.3, 0.4) is 0 Å². The van der Waals surface area contributed by atoms with Crippen LogP contribution >= 0.6 is 0 Å². The Kier molecular flexibility index (Phi) is 4.52.